The number of carbonyl (C=O) groups excluding carboxylic acids is 2. The molecule has 0 saturated carbocycles. The smallest absolute Gasteiger partial charge is 0.405 e. The summed E-state index contributed by atoms with van der Waals surface area (Å²) in [6.07, 6.45) is 1.43. The highest BCUT2D eigenvalue weighted by Gasteiger charge is 2.38. The second-order valence-electron chi connectivity index (χ2n) is 4.77. The minimum atomic E-state index is -2.61. The first-order valence-corrected chi connectivity index (χ1v) is 7.82. The van der Waals surface area contributed by atoms with Crippen molar-refractivity contribution in [3.05, 3.63) is 56.8 Å². The molecule has 1 rings (SSSR count). The summed E-state index contributed by atoms with van der Waals surface area (Å²) in [5.41, 5.74) is -4.07. The molecule has 0 spiro atoms. The van der Waals surface area contributed by atoms with Crippen molar-refractivity contribution in [1.29, 1.82) is 0 Å². The molecule has 0 saturated heterocycles. The molecule has 1 aromatic rings. The van der Waals surface area contributed by atoms with Gasteiger partial charge in [0.1, 0.15) is 13.2 Å². The number of hydrogen-bond acceptors (Lipinski definition) is 10. The molecule has 0 N–H and O–H groups in total. The van der Waals surface area contributed by atoms with E-state index in [-0.39, 0.29) is 27.4 Å². The molecule has 0 bridgehead atoms. The standard InChI is InChI=1S/C15H19N3O10/c1-6-10(19)26-15(5,27-11(20)7-2)28-18-13(22)16(24-8-3)12(21)17(14(18)23)25-9-4/h6-7H,1-2,8-9H2,3-5H3. The van der Waals surface area contributed by atoms with Gasteiger partial charge in [-0.05, 0) is 13.8 Å². The van der Waals surface area contributed by atoms with Crippen LogP contribution in [0.5, 0.6) is 0 Å². The van der Waals surface area contributed by atoms with Crippen molar-refractivity contribution in [2.75, 3.05) is 13.2 Å². The van der Waals surface area contributed by atoms with Crippen molar-refractivity contribution >= 4 is 11.9 Å². The molecule has 0 atom stereocenters. The lowest BCUT2D eigenvalue weighted by Crippen LogP contribution is -2.62. The topological polar surface area (TPSA) is 146 Å². The van der Waals surface area contributed by atoms with Crippen LogP contribution >= 0.6 is 0 Å². The van der Waals surface area contributed by atoms with Gasteiger partial charge < -0.3 is 24.0 Å². The van der Waals surface area contributed by atoms with Crippen molar-refractivity contribution in [2.24, 2.45) is 0 Å². The van der Waals surface area contributed by atoms with Gasteiger partial charge in [-0.15, -0.1) is 0 Å². The van der Waals surface area contributed by atoms with E-state index in [1.165, 1.54) is 13.8 Å². The first-order valence-electron chi connectivity index (χ1n) is 7.82. The number of esters is 2. The fraction of sp³-hybridized carbons (Fsp3) is 0.400. The highest BCUT2D eigenvalue weighted by atomic mass is 16.9. The van der Waals surface area contributed by atoms with Gasteiger partial charge in [0.25, 0.3) is 0 Å². The Hall–Kier alpha value is -3.77. The minimum absolute atomic E-state index is 0.0422. The third-order valence-electron chi connectivity index (χ3n) is 2.72. The monoisotopic (exact) mass is 401 g/mol. The highest BCUT2D eigenvalue weighted by molar-refractivity contribution is 5.83. The Bertz CT molecular complexity index is 873. The van der Waals surface area contributed by atoms with Crippen LogP contribution in [0.3, 0.4) is 0 Å². The van der Waals surface area contributed by atoms with Gasteiger partial charge in [-0.1, -0.05) is 27.3 Å². The number of ether oxygens (including phenoxy) is 2. The van der Waals surface area contributed by atoms with Crippen LogP contribution in [-0.4, -0.2) is 45.3 Å². The molecule has 13 heteroatoms. The molecule has 0 aliphatic heterocycles. The van der Waals surface area contributed by atoms with E-state index in [0.29, 0.717) is 12.2 Å². The molecule has 0 radical (unpaired) electrons. The summed E-state index contributed by atoms with van der Waals surface area (Å²) in [5, 5.41) is 0. The highest BCUT2D eigenvalue weighted by Crippen LogP contribution is 2.12. The number of rotatable bonds is 10. The predicted octanol–water partition coefficient (Wildman–Crippen LogP) is -2.37. The molecule has 0 unspecified atom stereocenters. The lowest BCUT2D eigenvalue weighted by molar-refractivity contribution is -0.335. The van der Waals surface area contributed by atoms with Crippen LogP contribution < -0.4 is 31.6 Å². The average molecular weight is 401 g/mol. The fourth-order valence-electron chi connectivity index (χ4n) is 1.72. The van der Waals surface area contributed by atoms with Gasteiger partial charge in [-0.3, -0.25) is 0 Å². The van der Waals surface area contributed by atoms with E-state index in [2.05, 4.69) is 13.2 Å². The summed E-state index contributed by atoms with van der Waals surface area (Å²) in [7, 11) is 0. The maximum Gasteiger partial charge on any atom is 0.437 e. The van der Waals surface area contributed by atoms with E-state index in [1.54, 1.807) is 0 Å². The van der Waals surface area contributed by atoms with E-state index in [9.17, 15) is 24.0 Å². The van der Waals surface area contributed by atoms with Gasteiger partial charge >= 0.3 is 35.0 Å². The number of nitrogens with zero attached hydrogens (tertiary/aromatic N) is 3. The summed E-state index contributed by atoms with van der Waals surface area (Å²) in [5.74, 6) is -4.84. The van der Waals surface area contributed by atoms with E-state index in [0.717, 1.165) is 6.92 Å². The van der Waals surface area contributed by atoms with E-state index < -0.39 is 35.0 Å². The Labute approximate surface area is 157 Å². The molecule has 0 aliphatic carbocycles. The molecule has 0 aromatic carbocycles. The number of hydrogen-bond donors (Lipinski definition) is 0. The van der Waals surface area contributed by atoms with E-state index >= 15 is 0 Å². The van der Waals surface area contributed by atoms with Crippen LogP contribution in [0.1, 0.15) is 20.8 Å². The second-order valence-corrected chi connectivity index (χ2v) is 4.77. The molecular formula is C15H19N3O10. The lowest BCUT2D eigenvalue weighted by Gasteiger charge is -2.27. The van der Waals surface area contributed by atoms with Crippen molar-refractivity contribution < 1.29 is 33.6 Å². The zero-order chi connectivity index (χ0) is 21.5. The molecule has 1 aromatic heterocycles. The Morgan fingerprint density at radius 1 is 0.857 bits per heavy atom. The summed E-state index contributed by atoms with van der Waals surface area (Å²) < 4.78 is 9.81. The SMILES string of the molecule is C=CC(=O)OC(C)(OC(=O)C=C)On1c(=O)n(OCC)c(=O)n(OCC)c1=O. The first-order chi connectivity index (χ1) is 13.1. The third kappa shape index (κ3) is 4.90. The zero-order valence-corrected chi connectivity index (χ0v) is 15.4. The molecule has 0 amide bonds. The van der Waals surface area contributed by atoms with E-state index in [4.69, 9.17) is 24.0 Å². The van der Waals surface area contributed by atoms with Crippen LogP contribution in [0, 0.1) is 0 Å². The Kier molecular flexibility index (Phi) is 7.36. The summed E-state index contributed by atoms with van der Waals surface area (Å²) >= 11 is 0. The largest absolute Gasteiger partial charge is 0.437 e. The van der Waals surface area contributed by atoms with Gasteiger partial charge in [-0.25, -0.2) is 24.0 Å². The molecule has 0 aliphatic rings. The third-order valence-corrected chi connectivity index (χ3v) is 2.72. The molecule has 1 heterocycles. The summed E-state index contributed by atoms with van der Waals surface area (Å²) in [4.78, 5) is 74.9. The van der Waals surface area contributed by atoms with Gasteiger partial charge in [0.15, 0.2) is 0 Å². The predicted molar refractivity (Wildman–Crippen MR) is 91.0 cm³/mol. The average Bonchev–Trinajstić information content (AvgIpc) is 2.65. The maximum atomic E-state index is 12.4. The van der Waals surface area contributed by atoms with Crippen LogP contribution in [0.25, 0.3) is 0 Å². The summed E-state index contributed by atoms with van der Waals surface area (Å²) in [6, 6.07) is 0. The van der Waals surface area contributed by atoms with Crippen molar-refractivity contribution in [2.45, 2.75) is 26.7 Å². The van der Waals surface area contributed by atoms with Crippen molar-refractivity contribution in [1.82, 2.24) is 14.2 Å². The number of aromatic nitrogens is 3. The van der Waals surface area contributed by atoms with Crippen LogP contribution in [-0.2, 0) is 19.1 Å². The quantitative estimate of drug-likeness (QED) is 0.237. The fourth-order valence-corrected chi connectivity index (χ4v) is 1.72. The van der Waals surface area contributed by atoms with Gasteiger partial charge in [0.05, 0.1) is 6.92 Å². The Morgan fingerprint density at radius 2 is 1.21 bits per heavy atom. The zero-order valence-electron chi connectivity index (χ0n) is 15.4. The first kappa shape index (κ1) is 22.3. The molecular weight excluding hydrogens is 382 g/mol. The number of carbonyl (C=O) groups is 2. The maximum absolute atomic E-state index is 12.4. The molecule has 13 nitrogen and oxygen atoms in total. The van der Waals surface area contributed by atoms with Crippen LogP contribution in [0.4, 0.5) is 0 Å². The van der Waals surface area contributed by atoms with Gasteiger partial charge in [0.2, 0.25) is 0 Å². The molecule has 0 fully saturated rings. The van der Waals surface area contributed by atoms with Crippen molar-refractivity contribution in [3.63, 3.8) is 0 Å². The van der Waals surface area contributed by atoms with Gasteiger partial charge in [-0.2, -0.15) is 0 Å². The lowest BCUT2D eigenvalue weighted by atomic mass is 10.5. The Balaban J connectivity index is 3.63. The molecule has 154 valence electrons. The minimum Gasteiger partial charge on any atom is -0.405 e. The van der Waals surface area contributed by atoms with E-state index in [1.807, 2.05) is 0 Å². The van der Waals surface area contributed by atoms with Crippen molar-refractivity contribution in [3.8, 4) is 0 Å². The summed E-state index contributed by atoms with van der Waals surface area (Å²) in [6.45, 7) is 9.91. The molecule has 28 heavy (non-hydrogen) atoms. The van der Waals surface area contributed by atoms with Crippen LogP contribution in [0.15, 0.2) is 39.7 Å². The van der Waals surface area contributed by atoms with Gasteiger partial charge in [0, 0.05) is 12.2 Å². The Morgan fingerprint density at radius 3 is 1.54 bits per heavy atom. The second kappa shape index (κ2) is 9.25. The normalized spacial score (nSPS) is 10.5. The van der Waals surface area contributed by atoms with Crippen LogP contribution in [0.2, 0.25) is 0 Å².